The Morgan fingerprint density at radius 3 is 2.60 bits per heavy atom. The highest BCUT2D eigenvalue weighted by Crippen LogP contribution is 2.16. The van der Waals surface area contributed by atoms with E-state index < -0.39 is 6.61 Å². The smallest absolute Gasteiger partial charge is 0.387 e. The van der Waals surface area contributed by atoms with Gasteiger partial charge in [0.25, 0.3) is 5.91 Å². The molecular weight excluding hydrogens is 204 g/mol. The van der Waals surface area contributed by atoms with Crippen molar-refractivity contribution < 1.29 is 18.3 Å². The van der Waals surface area contributed by atoms with E-state index in [2.05, 4.69) is 4.74 Å². The second-order valence-electron chi connectivity index (χ2n) is 3.11. The lowest BCUT2D eigenvalue weighted by Crippen LogP contribution is -2.21. The van der Waals surface area contributed by atoms with Crippen molar-refractivity contribution in [3.05, 3.63) is 29.8 Å². The molecule has 5 heteroatoms. The lowest BCUT2D eigenvalue weighted by Gasteiger charge is -2.11. The summed E-state index contributed by atoms with van der Waals surface area (Å²) in [6, 6.07) is 5.70. The third-order valence-corrected chi connectivity index (χ3v) is 1.71. The fourth-order valence-electron chi connectivity index (χ4n) is 1.06. The molecule has 0 unspecified atom stereocenters. The monoisotopic (exact) mass is 215 g/mol. The summed E-state index contributed by atoms with van der Waals surface area (Å²) >= 11 is 0. The molecule has 0 aromatic heterocycles. The zero-order chi connectivity index (χ0) is 11.4. The van der Waals surface area contributed by atoms with Gasteiger partial charge in [-0.3, -0.25) is 4.79 Å². The van der Waals surface area contributed by atoms with Crippen LogP contribution in [0.3, 0.4) is 0 Å². The van der Waals surface area contributed by atoms with Gasteiger partial charge < -0.3 is 9.64 Å². The number of nitrogens with zero attached hydrogens (tertiary/aromatic N) is 1. The molecule has 0 saturated carbocycles. The minimum atomic E-state index is -2.88. The van der Waals surface area contributed by atoms with Crippen LogP contribution in [0.4, 0.5) is 8.78 Å². The average Bonchev–Trinajstić information content (AvgIpc) is 2.16. The van der Waals surface area contributed by atoms with Crippen LogP contribution in [-0.2, 0) is 0 Å². The first-order chi connectivity index (χ1) is 7.00. The van der Waals surface area contributed by atoms with Crippen molar-refractivity contribution in [1.82, 2.24) is 4.90 Å². The highest BCUT2D eigenvalue weighted by Gasteiger charge is 2.10. The topological polar surface area (TPSA) is 29.5 Å². The molecule has 0 spiro atoms. The Labute approximate surface area is 86.3 Å². The molecule has 0 fully saturated rings. The SMILES string of the molecule is CN(C)C(=O)c1cccc(OC(F)F)c1. The Morgan fingerprint density at radius 2 is 2.07 bits per heavy atom. The van der Waals surface area contributed by atoms with Gasteiger partial charge in [0.1, 0.15) is 5.75 Å². The van der Waals surface area contributed by atoms with E-state index in [1.165, 1.54) is 23.1 Å². The largest absolute Gasteiger partial charge is 0.435 e. The Balaban J connectivity index is 2.87. The van der Waals surface area contributed by atoms with Gasteiger partial charge in [0.05, 0.1) is 0 Å². The fourth-order valence-corrected chi connectivity index (χ4v) is 1.06. The van der Waals surface area contributed by atoms with Gasteiger partial charge in [-0.05, 0) is 18.2 Å². The number of hydrogen-bond donors (Lipinski definition) is 0. The van der Waals surface area contributed by atoms with E-state index in [0.717, 1.165) is 0 Å². The molecule has 0 saturated heterocycles. The summed E-state index contributed by atoms with van der Waals surface area (Å²) in [4.78, 5) is 12.8. The van der Waals surface area contributed by atoms with Crippen LogP contribution in [0.25, 0.3) is 0 Å². The number of rotatable bonds is 3. The van der Waals surface area contributed by atoms with Crippen LogP contribution in [0.5, 0.6) is 5.75 Å². The van der Waals surface area contributed by atoms with Crippen LogP contribution in [-0.4, -0.2) is 31.5 Å². The number of benzene rings is 1. The maximum absolute atomic E-state index is 11.9. The first-order valence-corrected chi connectivity index (χ1v) is 4.27. The van der Waals surface area contributed by atoms with Crippen molar-refractivity contribution in [3.63, 3.8) is 0 Å². The summed E-state index contributed by atoms with van der Waals surface area (Å²) in [5.41, 5.74) is 0.318. The third kappa shape index (κ3) is 3.19. The molecule has 0 bridgehead atoms. The average molecular weight is 215 g/mol. The minimum absolute atomic E-state index is 0.0160. The minimum Gasteiger partial charge on any atom is -0.435 e. The standard InChI is InChI=1S/C10H11F2NO2/c1-13(2)9(14)7-4-3-5-8(6-7)15-10(11)12/h3-6,10H,1-2H3. The molecular formula is C10H11F2NO2. The van der Waals surface area contributed by atoms with Gasteiger partial charge in [-0.25, -0.2) is 0 Å². The molecule has 0 heterocycles. The van der Waals surface area contributed by atoms with Gasteiger partial charge in [-0.1, -0.05) is 6.07 Å². The molecule has 0 atom stereocenters. The summed E-state index contributed by atoms with van der Waals surface area (Å²) in [6.07, 6.45) is 0. The molecule has 0 N–H and O–H groups in total. The summed E-state index contributed by atoms with van der Waals surface area (Å²) in [5, 5.41) is 0. The van der Waals surface area contributed by atoms with Crippen LogP contribution in [0.1, 0.15) is 10.4 Å². The maximum atomic E-state index is 11.9. The van der Waals surface area contributed by atoms with Crippen molar-refractivity contribution >= 4 is 5.91 Å². The van der Waals surface area contributed by atoms with Gasteiger partial charge in [0.2, 0.25) is 0 Å². The van der Waals surface area contributed by atoms with Gasteiger partial charge in [0.15, 0.2) is 0 Å². The highest BCUT2D eigenvalue weighted by atomic mass is 19.3. The molecule has 0 aliphatic heterocycles. The summed E-state index contributed by atoms with van der Waals surface area (Å²) in [7, 11) is 3.17. The second-order valence-corrected chi connectivity index (χ2v) is 3.11. The van der Waals surface area contributed by atoms with Crippen LogP contribution in [0.2, 0.25) is 0 Å². The van der Waals surface area contributed by atoms with Crippen LogP contribution < -0.4 is 4.74 Å². The van der Waals surface area contributed by atoms with E-state index >= 15 is 0 Å². The molecule has 0 aliphatic carbocycles. The number of alkyl halides is 2. The molecule has 1 rings (SSSR count). The van der Waals surface area contributed by atoms with Gasteiger partial charge in [0, 0.05) is 19.7 Å². The van der Waals surface area contributed by atoms with E-state index in [1.807, 2.05) is 0 Å². The predicted molar refractivity (Wildman–Crippen MR) is 51.1 cm³/mol. The van der Waals surface area contributed by atoms with Crippen molar-refractivity contribution in [2.45, 2.75) is 6.61 Å². The molecule has 0 radical (unpaired) electrons. The second kappa shape index (κ2) is 4.72. The quantitative estimate of drug-likeness (QED) is 0.771. The van der Waals surface area contributed by atoms with Crippen LogP contribution in [0.15, 0.2) is 24.3 Å². The fraction of sp³-hybridized carbons (Fsp3) is 0.300. The van der Waals surface area contributed by atoms with Crippen molar-refractivity contribution in [1.29, 1.82) is 0 Å². The van der Waals surface area contributed by atoms with Gasteiger partial charge in [-0.15, -0.1) is 0 Å². The molecule has 1 aromatic carbocycles. The predicted octanol–water partition coefficient (Wildman–Crippen LogP) is 1.99. The van der Waals surface area contributed by atoms with Crippen LogP contribution in [0, 0.1) is 0 Å². The summed E-state index contributed by atoms with van der Waals surface area (Å²) in [6.45, 7) is -2.88. The molecule has 1 amide bonds. The number of halogens is 2. The van der Waals surface area contributed by atoms with E-state index in [1.54, 1.807) is 20.2 Å². The zero-order valence-electron chi connectivity index (χ0n) is 8.41. The molecule has 15 heavy (non-hydrogen) atoms. The maximum Gasteiger partial charge on any atom is 0.387 e. The van der Waals surface area contributed by atoms with Crippen molar-refractivity contribution in [2.75, 3.05) is 14.1 Å². The summed E-state index contributed by atoms with van der Waals surface area (Å²) < 4.78 is 28.0. The van der Waals surface area contributed by atoms with Crippen molar-refractivity contribution in [2.24, 2.45) is 0 Å². The third-order valence-electron chi connectivity index (χ3n) is 1.71. The van der Waals surface area contributed by atoms with E-state index in [9.17, 15) is 13.6 Å². The normalized spacial score (nSPS) is 10.2. The Bertz CT molecular complexity index is 353. The van der Waals surface area contributed by atoms with Gasteiger partial charge in [-0.2, -0.15) is 8.78 Å². The Hall–Kier alpha value is -1.65. The molecule has 82 valence electrons. The molecule has 3 nitrogen and oxygen atoms in total. The molecule has 1 aromatic rings. The zero-order valence-corrected chi connectivity index (χ0v) is 8.41. The highest BCUT2D eigenvalue weighted by molar-refractivity contribution is 5.94. The number of amides is 1. The number of ether oxygens (including phenoxy) is 1. The number of carbonyl (C=O) groups is 1. The lowest BCUT2D eigenvalue weighted by molar-refractivity contribution is -0.0498. The lowest BCUT2D eigenvalue weighted by atomic mass is 10.2. The summed E-state index contributed by atoms with van der Waals surface area (Å²) in [5.74, 6) is -0.271. The Morgan fingerprint density at radius 1 is 1.40 bits per heavy atom. The van der Waals surface area contributed by atoms with Crippen LogP contribution >= 0.6 is 0 Å². The van der Waals surface area contributed by atoms with Crippen molar-refractivity contribution in [3.8, 4) is 5.75 Å². The number of carbonyl (C=O) groups excluding carboxylic acids is 1. The van der Waals surface area contributed by atoms with E-state index in [0.29, 0.717) is 5.56 Å². The Kier molecular flexibility index (Phi) is 3.60. The number of hydrogen-bond acceptors (Lipinski definition) is 2. The first-order valence-electron chi connectivity index (χ1n) is 4.27. The molecule has 0 aliphatic rings. The first kappa shape index (κ1) is 11.4. The van der Waals surface area contributed by atoms with E-state index in [4.69, 9.17) is 0 Å². The van der Waals surface area contributed by atoms with Gasteiger partial charge >= 0.3 is 6.61 Å². The van der Waals surface area contributed by atoms with E-state index in [-0.39, 0.29) is 11.7 Å².